The number of aliphatic hydroxyl groups is 1. The number of nitrogens with two attached hydrogens (primary N) is 1. The summed E-state index contributed by atoms with van der Waals surface area (Å²) < 4.78 is 0. The highest BCUT2D eigenvalue weighted by atomic mass is 16.3. The molecule has 0 aromatic rings. The van der Waals surface area contributed by atoms with E-state index in [0.29, 0.717) is 13.0 Å². The summed E-state index contributed by atoms with van der Waals surface area (Å²) in [6.07, 6.45) is 0.640. The summed E-state index contributed by atoms with van der Waals surface area (Å²) in [6.45, 7) is 2.21. The van der Waals surface area contributed by atoms with Crippen LogP contribution in [0.25, 0.3) is 0 Å². The second-order valence-corrected chi connectivity index (χ2v) is 4.49. The topological polar surface area (TPSA) is 83.6 Å². The lowest BCUT2D eigenvalue weighted by Gasteiger charge is -2.18. The smallest absolute Gasteiger partial charge is 0.233 e. The maximum absolute atomic E-state index is 11.7. The molecule has 1 saturated carbocycles. The Morgan fingerprint density at radius 3 is 2.33 bits per heavy atom. The van der Waals surface area contributed by atoms with Gasteiger partial charge in [-0.3, -0.25) is 14.5 Å². The van der Waals surface area contributed by atoms with Crippen molar-refractivity contribution in [3.8, 4) is 0 Å². The average molecular weight is 212 g/mol. The summed E-state index contributed by atoms with van der Waals surface area (Å²) in [6, 6.07) is -0.00355. The van der Waals surface area contributed by atoms with Gasteiger partial charge in [-0.05, 0) is 13.3 Å². The molecule has 5 nitrogen and oxygen atoms in total. The minimum Gasteiger partial charge on any atom is -0.396 e. The highest BCUT2D eigenvalue weighted by Crippen LogP contribution is 2.52. The van der Waals surface area contributed by atoms with Crippen LogP contribution >= 0.6 is 0 Å². The first-order valence-electron chi connectivity index (χ1n) is 5.29. The van der Waals surface area contributed by atoms with E-state index in [2.05, 4.69) is 0 Å². The van der Waals surface area contributed by atoms with Crippen LogP contribution in [0.4, 0.5) is 0 Å². The lowest BCUT2D eigenvalue weighted by molar-refractivity contribution is -0.142. The Balaban J connectivity index is 1.95. The molecular weight excluding hydrogens is 196 g/mol. The van der Waals surface area contributed by atoms with E-state index in [1.165, 1.54) is 4.90 Å². The highest BCUT2D eigenvalue weighted by molar-refractivity contribution is 6.09. The Labute approximate surface area is 88.2 Å². The van der Waals surface area contributed by atoms with Gasteiger partial charge in [0.15, 0.2) is 0 Å². The molecule has 0 aromatic heterocycles. The van der Waals surface area contributed by atoms with Crippen molar-refractivity contribution in [2.45, 2.75) is 19.4 Å². The van der Waals surface area contributed by atoms with E-state index in [1.54, 1.807) is 0 Å². The Bertz CT molecular complexity index is 281. The van der Waals surface area contributed by atoms with Gasteiger partial charge in [-0.1, -0.05) is 0 Å². The van der Waals surface area contributed by atoms with E-state index in [-0.39, 0.29) is 42.2 Å². The zero-order chi connectivity index (χ0) is 11.2. The molecule has 2 rings (SSSR count). The third-order valence-corrected chi connectivity index (χ3v) is 3.29. The van der Waals surface area contributed by atoms with Crippen molar-refractivity contribution in [3.05, 3.63) is 0 Å². The fourth-order valence-corrected chi connectivity index (χ4v) is 2.30. The zero-order valence-corrected chi connectivity index (χ0v) is 8.72. The van der Waals surface area contributed by atoms with Crippen molar-refractivity contribution < 1.29 is 14.7 Å². The predicted molar refractivity (Wildman–Crippen MR) is 52.5 cm³/mol. The molecule has 1 saturated heterocycles. The largest absolute Gasteiger partial charge is 0.396 e. The first kappa shape index (κ1) is 10.6. The summed E-state index contributed by atoms with van der Waals surface area (Å²) in [5.74, 6) is -0.836. The molecule has 3 unspecified atom stereocenters. The highest BCUT2D eigenvalue weighted by Gasteiger charge is 2.66. The third kappa shape index (κ3) is 1.55. The lowest BCUT2D eigenvalue weighted by Crippen LogP contribution is -2.37. The molecule has 1 aliphatic carbocycles. The summed E-state index contributed by atoms with van der Waals surface area (Å²) in [5, 5.41) is 8.91. The van der Waals surface area contributed by atoms with Crippen molar-refractivity contribution in [2.75, 3.05) is 13.2 Å². The fraction of sp³-hybridized carbons (Fsp3) is 0.800. The molecule has 1 heterocycles. The lowest BCUT2D eigenvalue weighted by atomic mass is 10.2. The Morgan fingerprint density at radius 1 is 1.40 bits per heavy atom. The van der Waals surface area contributed by atoms with Crippen LogP contribution in [0.15, 0.2) is 0 Å². The summed E-state index contributed by atoms with van der Waals surface area (Å²) in [7, 11) is 0. The maximum Gasteiger partial charge on any atom is 0.233 e. The van der Waals surface area contributed by atoms with Gasteiger partial charge in [0.05, 0.1) is 11.8 Å². The van der Waals surface area contributed by atoms with E-state index in [9.17, 15) is 9.59 Å². The number of piperidine rings is 1. The standard InChI is InChI=1S/C10H16N2O3/c1-5(11)2-3-12-9(14)7-6(4-13)8(7)10(12)15/h5-8,13H,2-4,11H2,1H3. The van der Waals surface area contributed by atoms with Crippen LogP contribution in [0.5, 0.6) is 0 Å². The van der Waals surface area contributed by atoms with Crippen LogP contribution < -0.4 is 5.73 Å². The number of imide groups is 1. The number of hydrogen-bond acceptors (Lipinski definition) is 4. The molecule has 0 aromatic carbocycles. The average Bonchev–Trinajstić information content (AvgIpc) is 2.84. The first-order chi connectivity index (χ1) is 7.07. The van der Waals surface area contributed by atoms with Crippen molar-refractivity contribution in [3.63, 3.8) is 0 Å². The van der Waals surface area contributed by atoms with Crippen LogP contribution in [-0.2, 0) is 9.59 Å². The van der Waals surface area contributed by atoms with Crippen LogP contribution in [0.2, 0.25) is 0 Å². The van der Waals surface area contributed by atoms with E-state index in [4.69, 9.17) is 10.8 Å². The molecule has 2 amide bonds. The number of likely N-dealkylation sites (tertiary alicyclic amines) is 1. The molecule has 0 bridgehead atoms. The Kier molecular flexibility index (Phi) is 2.52. The number of hydrogen-bond donors (Lipinski definition) is 2. The van der Waals surface area contributed by atoms with Gasteiger partial charge in [0.2, 0.25) is 11.8 Å². The van der Waals surface area contributed by atoms with Crippen molar-refractivity contribution >= 4 is 11.8 Å². The molecule has 0 radical (unpaired) electrons. The molecule has 2 fully saturated rings. The molecule has 15 heavy (non-hydrogen) atoms. The number of carbonyl (C=O) groups excluding carboxylic acids is 2. The normalized spacial score (nSPS) is 35.7. The molecule has 0 spiro atoms. The maximum atomic E-state index is 11.7. The minimum atomic E-state index is -0.240. The molecule has 2 aliphatic rings. The molecular formula is C10H16N2O3. The second kappa shape index (κ2) is 3.57. The van der Waals surface area contributed by atoms with Crippen molar-refractivity contribution in [2.24, 2.45) is 23.5 Å². The minimum absolute atomic E-state index is 0.00355. The quantitative estimate of drug-likeness (QED) is 0.582. The van der Waals surface area contributed by atoms with Crippen LogP contribution in [0.1, 0.15) is 13.3 Å². The molecule has 1 aliphatic heterocycles. The molecule has 84 valence electrons. The van der Waals surface area contributed by atoms with Gasteiger partial charge < -0.3 is 10.8 Å². The van der Waals surface area contributed by atoms with Gasteiger partial charge in [-0.25, -0.2) is 0 Å². The number of carbonyl (C=O) groups is 2. The SMILES string of the molecule is CC(N)CCN1C(=O)C2C(CO)C2C1=O. The molecule has 5 heteroatoms. The summed E-state index contributed by atoms with van der Waals surface area (Å²) in [4.78, 5) is 24.7. The number of fused-ring (bicyclic) bond motifs is 1. The number of rotatable bonds is 4. The van der Waals surface area contributed by atoms with Gasteiger partial charge in [0.25, 0.3) is 0 Å². The Hall–Kier alpha value is -0.940. The van der Waals surface area contributed by atoms with Gasteiger partial charge in [-0.15, -0.1) is 0 Å². The number of aliphatic hydroxyl groups excluding tert-OH is 1. The third-order valence-electron chi connectivity index (χ3n) is 3.29. The van der Waals surface area contributed by atoms with Crippen LogP contribution in [-0.4, -0.2) is 41.0 Å². The van der Waals surface area contributed by atoms with Gasteiger partial charge >= 0.3 is 0 Å². The predicted octanol–water partition coefficient (Wildman–Crippen LogP) is -1.05. The zero-order valence-electron chi connectivity index (χ0n) is 8.72. The van der Waals surface area contributed by atoms with Gasteiger partial charge in [0.1, 0.15) is 0 Å². The van der Waals surface area contributed by atoms with Crippen molar-refractivity contribution in [1.29, 1.82) is 0 Å². The number of nitrogens with zero attached hydrogens (tertiary/aromatic N) is 1. The summed E-state index contributed by atoms with van der Waals surface area (Å²) >= 11 is 0. The number of amides is 2. The van der Waals surface area contributed by atoms with Crippen LogP contribution in [0.3, 0.4) is 0 Å². The first-order valence-corrected chi connectivity index (χ1v) is 5.29. The summed E-state index contributed by atoms with van der Waals surface area (Å²) in [5.41, 5.74) is 5.57. The molecule has 3 N–H and O–H groups in total. The van der Waals surface area contributed by atoms with Gasteiger partial charge in [0, 0.05) is 25.1 Å². The van der Waals surface area contributed by atoms with E-state index >= 15 is 0 Å². The Morgan fingerprint density at radius 2 is 1.93 bits per heavy atom. The van der Waals surface area contributed by atoms with E-state index in [1.807, 2.05) is 6.92 Å². The van der Waals surface area contributed by atoms with Crippen molar-refractivity contribution in [1.82, 2.24) is 4.90 Å². The van der Waals surface area contributed by atoms with Crippen LogP contribution in [0, 0.1) is 17.8 Å². The fourth-order valence-electron chi connectivity index (χ4n) is 2.30. The second-order valence-electron chi connectivity index (χ2n) is 4.49. The van der Waals surface area contributed by atoms with Gasteiger partial charge in [-0.2, -0.15) is 0 Å². The van der Waals surface area contributed by atoms with E-state index in [0.717, 1.165) is 0 Å². The molecule has 3 atom stereocenters. The monoisotopic (exact) mass is 212 g/mol. The van der Waals surface area contributed by atoms with E-state index < -0.39 is 0 Å².